The second kappa shape index (κ2) is 7.99. The third-order valence-electron chi connectivity index (χ3n) is 3.36. The summed E-state index contributed by atoms with van der Waals surface area (Å²) in [5.41, 5.74) is 0. The Morgan fingerprint density at radius 1 is 1.32 bits per heavy atom. The SMILES string of the molecule is CCOCC(C)NC(=O)NC1CCC(C(=O)O)CC1. The van der Waals surface area contributed by atoms with Crippen LogP contribution in [0.25, 0.3) is 0 Å². The molecule has 19 heavy (non-hydrogen) atoms. The molecule has 0 saturated heterocycles. The molecule has 1 aliphatic rings. The molecule has 1 rings (SSSR count). The molecule has 1 saturated carbocycles. The first-order valence-corrected chi connectivity index (χ1v) is 6.90. The zero-order valence-corrected chi connectivity index (χ0v) is 11.6. The molecule has 1 unspecified atom stereocenters. The van der Waals surface area contributed by atoms with E-state index in [1.54, 1.807) is 0 Å². The average molecular weight is 272 g/mol. The van der Waals surface area contributed by atoms with Gasteiger partial charge in [-0.2, -0.15) is 0 Å². The lowest BCUT2D eigenvalue weighted by Crippen LogP contribution is -2.47. The number of nitrogens with one attached hydrogen (secondary N) is 2. The lowest BCUT2D eigenvalue weighted by atomic mass is 9.86. The van der Waals surface area contributed by atoms with Crippen LogP contribution in [-0.2, 0) is 9.53 Å². The summed E-state index contributed by atoms with van der Waals surface area (Å²) in [5, 5.41) is 14.6. The molecule has 0 heterocycles. The van der Waals surface area contributed by atoms with Crippen molar-refractivity contribution in [2.24, 2.45) is 5.92 Å². The van der Waals surface area contributed by atoms with E-state index in [0.717, 1.165) is 12.8 Å². The Kier molecular flexibility index (Phi) is 6.62. The number of carboxylic acids is 1. The molecule has 6 nitrogen and oxygen atoms in total. The fraction of sp³-hybridized carbons (Fsp3) is 0.846. The van der Waals surface area contributed by atoms with Gasteiger partial charge in [0.15, 0.2) is 0 Å². The largest absolute Gasteiger partial charge is 0.481 e. The standard InChI is InChI=1S/C13H24N2O4/c1-3-19-8-9(2)14-13(18)15-11-6-4-10(5-7-11)12(16)17/h9-11H,3-8H2,1-2H3,(H,16,17)(H2,14,15,18). The second-order valence-electron chi connectivity index (χ2n) is 5.07. The normalized spacial score (nSPS) is 24.5. The van der Waals surface area contributed by atoms with Gasteiger partial charge in [-0.1, -0.05) is 0 Å². The topological polar surface area (TPSA) is 87.7 Å². The van der Waals surface area contributed by atoms with Crippen LogP contribution in [0.5, 0.6) is 0 Å². The number of hydrogen-bond donors (Lipinski definition) is 3. The van der Waals surface area contributed by atoms with E-state index in [9.17, 15) is 9.59 Å². The third kappa shape index (κ3) is 5.92. The Morgan fingerprint density at radius 3 is 2.47 bits per heavy atom. The summed E-state index contributed by atoms with van der Waals surface area (Å²) in [6.45, 7) is 4.92. The van der Waals surface area contributed by atoms with Crippen LogP contribution in [0.1, 0.15) is 39.5 Å². The third-order valence-corrected chi connectivity index (χ3v) is 3.36. The van der Waals surface area contributed by atoms with Gasteiger partial charge in [0.2, 0.25) is 0 Å². The number of urea groups is 1. The fourth-order valence-corrected chi connectivity index (χ4v) is 2.27. The molecule has 0 aliphatic heterocycles. The zero-order valence-electron chi connectivity index (χ0n) is 11.6. The van der Waals surface area contributed by atoms with Crippen molar-refractivity contribution in [1.82, 2.24) is 10.6 Å². The van der Waals surface area contributed by atoms with E-state index in [4.69, 9.17) is 9.84 Å². The monoisotopic (exact) mass is 272 g/mol. The molecule has 6 heteroatoms. The van der Waals surface area contributed by atoms with Crippen molar-refractivity contribution in [3.8, 4) is 0 Å². The highest BCUT2D eigenvalue weighted by molar-refractivity contribution is 5.74. The quantitative estimate of drug-likeness (QED) is 0.681. The average Bonchev–Trinajstić information content (AvgIpc) is 2.36. The van der Waals surface area contributed by atoms with Crippen molar-refractivity contribution in [2.75, 3.05) is 13.2 Å². The summed E-state index contributed by atoms with van der Waals surface area (Å²) in [6.07, 6.45) is 2.72. The van der Waals surface area contributed by atoms with Crippen LogP contribution in [0.3, 0.4) is 0 Å². The van der Waals surface area contributed by atoms with Crippen molar-refractivity contribution in [2.45, 2.75) is 51.6 Å². The molecule has 0 radical (unpaired) electrons. The van der Waals surface area contributed by atoms with Crippen LogP contribution in [0, 0.1) is 5.92 Å². The molecule has 1 fully saturated rings. The lowest BCUT2D eigenvalue weighted by molar-refractivity contribution is -0.142. The summed E-state index contributed by atoms with van der Waals surface area (Å²) in [4.78, 5) is 22.5. The number of rotatable bonds is 6. The Balaban J connectivity index is 2.21. The number of carboxylic acid groups (broad SMARTS) is 1. The van der Waals surface area contributed by atoms with Gasteiger partial charge in [-0.3, -0.25) is 4.79 Å². The van der Waals surface area contributed by atoms with Gasteiger partial charge in [0.05, 0.1) is 18.6 Å². The molecular formula is C13H24N2O4. The molecule has 0 spiro atoms. The van der Waals surface area contributed by atoms with Gasteiger partial charge in [0.1, 0.15) is 0 Å². The van der Waals surface area contributed by atoms with Crippen LogP contribution >= 0.6 is 0 Å². The smallest absolute Gasteiger partial charge is 0.315 e. The molecule has 0 bridgehead atoms. The van der Waals surface area contributed by atoms with Crippen molar-refractivity contribution in [3.05, 3.63) is 0 Å². The molecular weight excluding hydrogens is 248 g/mol. The maximum absolute atomic E-state index is 11.7. The first kappa shape index (κ1) is 15.8. The molecule has 2 amide bonds. The zero-order chi connectivity index (χ0) is 14.3. The van der Waals surface area contributed by atoms with Crippen LogP contribution in [0.15, 0.2) is 0 Å². The molecule has 1 aliphatic carbocycles. The van der Waals surface area contributed by atoms with Crippen molar-refractivity contribution in [1.29, 1.82) is 0 Å². The van der Waals surface area contributed by atoms with E-state index in [-0.39, 0.29) is 24.0 Å². The number of hydrogen-bond acceptors (Lipinski definition) is 3. The maximum Gasteiger partial charge on any atom is 0.315 e. The maximum atomic E-state index is 11.7. The minimum atomic E-state index is -0.728. The summed E-state index contributed by atoms with van der Waals surface area (Å²) in [6, 6.07) is -0.156. The van der Waals surface area contributed by atoms with Gasteiger partial charge in [-0.25, -0.2) is 4.79 Å². The molecule has 110 valence electrons. The van der Waals surface area contributed by atoms with E-state index < -0.39 is 5.97 Å². The minimum absolute atomic E-state index is 0.0321. The number of ether oxygens (including phenoxy) is 1. The summed E-state index contributed by atoms with van der Waals surface area (Å²) in [5.74, 6) is -0.980. The van der Waals surface area contributed by atoms with E-state index in [2.05, 4.69) is 10.6 Å². The van der Waals surface area contributed by atoms with E-state index in [0.29, 0.717) is 26.1 Å². The second-order valence-corrected chi connectivity index (χ2v) is 5.07. The molecule has 0 aromatic heterocycles. The van der Waals surface area contributed by atoms with Gasteiger partial charge >= 0.3 is 12.0 Å². The summed E-state index contributed by atoms with van der Waals surface area (Å²) in [7, 11) is 0. The number of aliphatic carboxylic acids is 1. The highest BCUT2D eigenvalue weighted by atomic mass is 16.5. The van der Waals surface area contributed by atoms with Crippen molar-refractivity contribution in [3.63, 3.8) is 0 Å². The number of carbonyl (C=O) groups is 2. The predicted octanol–water partition coefficient (Wildman–Crippen LogP) is 1.35. The molecule has 0 aromatic carbocycles. The first-order chi connectivity index (χ1) is 9.02. The predicted molar refractivity (Wildman–Crippen MR) is 71.0 cm³/mol. The van der Waals surface area contributed by atoms with E-state index in [1.165, 1.54) is 0 Å². The van der Waals surface area contributed by atoms with Gasteiger partial charge in [-0.15, -0.1) is 0 Å². The summed E-state index contributed by atoms with van der Waals surface area (Å²) >= 11 is 0. The molecule has 1 atom stereocenters. The van der Waals surface area contributed by atoms with Crippen LogP contribution in [0.2, 0.25) is 0 Å². The van der Waals surface area contributed by atoms with Gasteiger partial charge < -0.3 is 20.5 Å². The number of carbonyl (C=O) groups excluding carboxylic acids is 1. The highest BCUT2D eigenvalue weighted by Crippen LogP contribution is 2.24. The van der Waals surface area contributed by atoms with Crippen LogP contribution in [0.4, 0.5) is 4.79 Å². The highest BCUT2D eigenvalue weighted by Gasteiger charge is 2.26. The van der Waals surface area contributed by atoms with Crippen LogP contribution < -0.4 is 10.6 Å². The molecule has 0 aromatic rings. The Hall–Kier alpha value is -1.30. The van der Waals surface area contributed by atoms with Gasteiger partial charge in [0.25, 0.3) is 0 Å². The van der Waals surface area contributed by atoms with Gasteiger partial charge in [-0.05, 0) is 39.5 Å². The van der Waals surface area contributed by atoms with Crippen molar-refractivity contribution >= 4 is 12.0 Å². The molecule has 3 N–H and O–H groups in total. The number of amides is 2. The fourth-order valence-electron chi connectivity index (χ4n) is 2.27. The van der Waals surface area contributed by atoms with Crippen LogP contribution in [-0.4, -0.2) is 42.4 Å². The Bertz CT molecular complexity index is 301. The van der Waals surface area contributed by atoms with Crippen molar-refractivity contribution < 1.29 is 19.4 Å². The van der Waals surface area contributed by atoms with E-state index in [1.807, 2.05) is 13.8 Å². The summed E-state index contributed by atoms with van der Waals surface area (Å²) < 4.78 is 5.22. The van der Waals surface area contributed by atoms with E-state index >= 15 is 0 Å². The first-order valence-electron chi connectivity index (χ1n) is 6.90. The van der Waals surface area contributed by atoms with Gasteiger partial charge in [0, 0.05) is 12.6 Å². The Morgan fingerprint density at radius 2 is 1.95 bits per heavy atom. The minimum Gasteiger partial charge on any atom is -0.481 e. The lowest BCUT2D eigenvalue weighted by Gasteiger charge is -2.27. The Labute approximate surface area is 113 Å².